The maximum absolute atomic E-state index is 11.8. The van der Waals surface area contributed by atoms with Gasteiger partial charge in [0.2, 0.25) is 0 Å². The van der Waals surface area contributed by atoms with Crippen LogP contribution in [0.3, 0.4) is 0 Å². The van der Waals surface area contributed by atoms with E-state index in [1.165, 1.54) is 6.07 Å². The lowest BCUT2D eigenvalue weighted by molar-refractivity contribution is -0.140. The molecule has 1 atom stereocenters. The zero-order chi connectivity index (χ0) is 13.9. The summed E-state index contributed by atoms with van der Waals surface area (Å²) < 4.78 is 0. The highest BCUT2D eigenvalue weighted by molar-refractivity contribution is 5.97. The van der Waals surface area contributed by atoms with Gasteiger partial charge in [0.25, 0.3) is 5.91 Å². The van der Waals surface area contributed by atoms with E-state index in [4.69, 9.17) is 5.11 Å². The van der Waals surface area contributed by atoms with Crippen LogP contribution in [0.2, 0.25) is 0 Å². The van der Waals surface area contributed by atoms with Crippen LogP contribution >= 0.6 is 0 Å². The summed E-state index contributed by atoms with van der Waals surface area (Å²) in [4.78, 5) is 22.8. The Balaban J connectivity index is 2.87. The first-order valence-electron chi connectivity index (χ1n) is 5.66. The van der Waals surface area contributed by atoms with Gasteiger partial charge in [0.1, 0.15) is 11.8 Å². The van der Waals surface area contributed by atoms with Crippen molar-refractivity contribution >= 4 is 11.9 Å². The molecule has 0 saturated carbocycles. The summed E-state index contributed by atoms with van der Waals surface area (Å²) in [6.45, 7) is 5.14. The fourth-order valence-corrected chi connectivity index (χ4v) is 1.49. The largest absolute Gasteiger partial charge is 0.508 e. The van der Waals surface area contributed by atoms with Crippen molar-refractivity contribution in [1.82, 2.24) is 5.32 Å². The highest BCUT2D eigenvalue weighted by Crippen LogP contribution is 2.17. The van der Waals surface area contributed by atoms with Crippen molar-refractivity contribution in [2.75, 3.05) is 0 Å². The zero-order valence-corrected chi connectivity index (χ0v) is 10.6. The molecule has 0 aliphatic rings. The van der Waals surface area contributed by atoms with Gasteiger partial charge in [-0.1, -0.05) is 19.9 Å². The first-order chi connectivity index (χ1) is 8.32. The van der Waals surface area contributed by atoms with Crippen molar-refractivity contribution in [3.8, 4) is 5.75 Å². The molecule has 1 rings (SSSR count). The number of phenolic OH excluding ortho intramolecular Hbond substituents is 1. The average Bonchev–Trinajstić information content (AvgIpc) is 2.28. The van der Waals surface area contributed by atoms with Gasteiger partial charge in [0.15, 0.2) is 0 Å². The van der Waals surface area contributed by atoms with Crippen LogP contribution in [-0.4, -0.2) is 28.1 Å². The molecule has 0 unspecified atom stereocenters. The lowest BCUT2D eigenvalue weighted by Crippen LogP contribution is -2.44. The Kier molecular flexibility index (Phi) is 4.31. The normalized spacial score (nSPS) is 12.2. The Morgan fingerprint density at radius 3 is 2.33 bits per heavy atom. The number of hydrogen-bond acceptors (Lipinski definition) is 3. The third-order valence-electron chi connectivity index (χ3n) is 2.69. The van der Waals surface area contributed by atoms with Gasteiger partial charge in [-0.05, 0) is 30.5 Å². The maximum Gasteiger partial charge on any atom is 0.326 e. The highest BCUT2D eigenvalue weighted by atomic mass is 16.4. The summed E-state index contributed by atoms with van der Waals surface area (Å²) >= 11 is 0. The summed E-state index contributed by atoms with van der Waals surface area (Å²) in [7, 11) is 0. The Morgan fingerprint density at radius 1 is 1.28 bits per heavy atom. The standard InChI is InChI=1S/C13H17NO4/c1-7(2)11(13(17)18)14-12(16)9-5-4-8(3)10(15)6-9/h4-7,11,15H,1-3H3,(H,14,16)(H,17,18)/t11-/m0/s1. The van der Waals surface area contributed by atoms with Crippen LogP contribution in [0, 0.1) is 12.8 Å². The number of aliphatic carboxylic acids is 1. The second-order valence-corrected chi connectivity index (χ2v) is 4.53. The van der Waals surface area contributed by atoms with E-state index in [2.05, 4.69) is 5.32 Å². The van der Waals surface area contributed by atoms with Crippen LogP contribution in [0.5, 0.6) is 5.75 Å². The molecule has 5 heteroatoms. The summed E-state index contributed by atoms with van der Waals surface area (Å²) in [5.41, 5.74) is 0.898. The minimum atomic E-state index is -1.07. The Labute approximate surface area is 105 Å². The molecule has 0 aliphatic heterocycles. The first-order valence-corrected chi connectivity index (χ1v) is 5.66. The van der Waals surface area contributed by atoms with Crippen LogP contribution in [0.25, 0.3) is 0 Å². The molecule has 0 heterocycles. The molecule has 0 spiro atoms. The van der Waals surface area contributed by atoms with Gasteiger partial charge in [0, 0.05) is 5.56 Å². The number of aromatic hydroxyl groups is 1. The smallest absolute Gasteiger partial charge is 0.326 e. The molecule has 0 fully saturated rings. The van der Waals surface area contributed by atoms with Crippen molar-refractivity contribution in [2.24, 2.45) is 5.92 Å². The molecule has 1 aromatic rings. The van der Waals surface area contributed by atoms with Crippen LogP contribution in [0.4, 0.5) is 0 Å². The minimum Gasteiger partial charge on any atom is -0.508 e. The van der Waals surface area contributed by atoms with Crippen molar-refractivity contribution in [2.45, 2.75) is 26.8 Å². The molecular formula is C13H17NO4. The second-order valence-electron chi connectivity index (χ2n) is 4.53. The Morgan fingerprint density at radius 2 is 1.89 bits per heavy atom. The van der Waals surface area contributed by atoms with Gasteiger partial charge in [-0.15, -0.1) is 0 Å². The third-order valence-corrected chi connectivity index (χ3v) is 2.69. The molecular weight excluding hydrogens is 234 g/mol. The van der Waals surface area contributed by atoms with Gasteiger partial charge in [-0.2, -0.15) is 0 Å². The van der Waals surface area contributed by atoms with E-state index in [-0.39, 0.29) is 17.2 Å². The van der Waals surface area contributed by atoms with E-state index in [1.807, 2.05) is 0 Å². The number of hydrogen-bond donors (Lipinski definition) is 3. The number of carbonyl (C=O) groups excluding carboxylic acids is 1. The monoisotopic (exact) mass is 251 g/mol. The van der Waals surface area contributed by atoms with Crippen molar-refractivity contribution < 1.29 is 19.8 Å². The maximum atomic E-state index is 11.8. The molecule has 0 aromatic heterocycles. The van der Waals surface area contributed by atoms with E-state index in [1.54, 1.807) is 32.9 Å². The molecule has 0 radical (unpaired) electrons. The summed E-state index contributed by atoms with van der Waals surface area (Å²) in [5, 5.41) is 20.9. The number of amides is 1. The third kappa shape index (κ3) is 3.23. The zero-order valence-electron chi connectivity index (χ0n) is 10.6. The van der Waals surface area contributed by atoms with Crippen molar-refractivity contribution in [1.29, 1.82) is 0 Å². The fraction of sp³-hybridized carbons (Fsp3) is 0.385. The van der Waals surface area contributed by atoms with Crippen LogP contribution in [-0.2, 0) is 4.79 Å². The SMILES string of the molecule is Cc1ccc(C(=O)N[C@H](C(=O)O)C(C)C)cc1O. The van der Waals surface area contributed by atoms with E-state index in [0.29, 0.717) is 5.56 Å². The first kappa shape index (κ1) is 14.0. The molecule has 5 nitrogen and oxygen atoms in total. The number of carboxylic acids is 1. The van der Waals surface area contributed by atoms with Gasteiger partial charge >= 0.3 is 5.97 Å². The molecule has 0 bridgehead atoms. The Hall–Kier alpha value is -2.04. The van der Waals surface area contributed by atoms with E-state index in [0.717, 1.165) is 0 Å². The lowest BCUT2D eigenvalue weighted by atomic mass is 10.0. The van der Waals surface area contributed by atoms with E-state index in [9.17, 15) is 14.7 Å². The molecule has 98 valence electrons. The number of rotatable bonds is 4. The molecule has 18 heavy (non-hydrogen) atoms. The van der Waals surface area contributed by atoms with Crippen LogP contribution in [0.15, 0.2) is 18.2 Å². The fourth-order valence-electron chi connectivity index (χ4n) is 1.49. The van der Waals surface area contributed by atoms with Gasteiger partial charge in [-0.25, -0.2) is 4.79 Å². The number of benzene rings is 1. The summed E-state index contributed by atoms with van der Waals surface area (Å²) in [5.74, 6) is -1.79. The number of carboxylic acid groups (broad SMARTS) is 1. The van der Waals surface area contributed by atoms with Gasteiger partial charge in [0.05, 0.1) is 0 Å². The highest BCUT2D eigenvalue weighted by Gasteiger charge is 2.24. The van der Waals surface area contributed by atoms with E-state index < -0.39 is 17.9 Å². The number of carbonyl (C=O) groups is 2. The summed E-state index contributed by atoms with van der Waals surface area (Å²) in [6, 6.07) is 3.53. The second kappa shape index (κ2) is 5.53. The van der Waals surface area contributed by atoms with Crippen LogP contribution < -0.4 is 5.32 Å². The van der Waals surface area contributed by atoms with Gasteiger partial charge in [-0.3, -0.25) is 4.79 Å². The minimum absolute atomic E-state index is 0.0130. The number of aryl methyl sites for hydroxylation is 1. The number of phenols is 1. The van der Waals surface area contributed by atoms with Crippen LogP contribution in [0.1, 0.15) is 29.8 Å². The lowest BCUT2D eigenvalue weighted by Gasteiger charge is -2.18. The molecule has 0 aliphatic carbocycles. The topological polar surface area (TPSA) is 86.6 Å². The quantitative estimate of drug-likeness (QED) is 0.757. The van der Waals surface area contributed by atoms with Gasteiger partial charge < -0.3 is 15.5 Å². The molecule has 1 amide bonds. The molecule has 0 saturated heterocycles. The number of nitrogens with one attached hydrogen (secondary N) is 1. The molecule has 1 aromatic carbocycles. The summed E-state index contributed by atoms with van der Waals surface area (Å²) in [6.07, 6.45) is 0. The predicted molar refractivity (Wildman–Crippen MR) is 66.6 cm³/mol. The average molecular weight is 251 g/mol. The Bertz CT molecular complexity index is 468. The van der Waals surface area contributed by atoms with E-state index >= 15 is 0 Å². The molecule has 3 N–H and O–H groups in total. The predicted octanol–water partition coefficient (Wildman–Crippen LogP) is 1.54. The van der Waals surface area contributed by atoms with Crippen molar-refractivity contribution in [3.63, 3.8) is 0 Å². The van der Waals surface area contributed by atoms with Crippen molar-refractivity contribution in [3.05, 3.63) is 29.3 Å².